The maximum Gasteiger partial charge on any atom is 0.338 e. The summed E-state index contributed by atoms with van der Waals surface area (Å²) < 4.78 is 53.1. The van der Waals surface area contributed by atoms with Gasteiger partial charge in [-0.2, -0.15) is 0 Å². The smallest absolute Gasteiger partial charge is 0.338 e. The van der Waals surface area contributed by atoms with E-state index in [1.54, 1.807) is 12.1 Å². The average molecular weight is 707 g/mol. The largest absolute Gasteiger partial charge is 0.453 e. The Morgan fingerprint density at radius 1 is 0.577 bits per heavy atom. The molecule has 0 radical (unpaired) electrons. The first-order valence-corrected chi connectivity index (χ1v) is 18.5. The van der Waals surface area contributed by atoms with E-state index in [1.165, 1.54) is 0 Å². The van der Waals surface area contributed by atoms with Gasteiger partial charge in [0.1, 0.15) is 36.6 Å². The summed E-state index contributed by atoms with van der Waals surface area (Å²) in [6, 6.07) is 39.3. The molecule has 52 heavy (non-hydrogen) atoms. The summed E-state index contributed by atoms with van der Waals surface area (Å²) in [6.07, 6.45) is -2.54. The summed E-state index contributed by atoms with van der Waals surface area (Å²) in [6.45, 7) is 2.02. The van der Waals surface area contributed by atoms with E-state index in [9.17, 15) is 4.79 Å². The van der Waals surface area contributed by atoms with Crippen LogP contribution in [0.1, 0.15) is 46.3 Å². The zero-order valence-corrected chi connectivity index (χ0v) is 29.2. The molecule has 4 heterocycles. The summed E-state index contributed by atoms with van der Waals surface area (Å²) >= 11 is 0. The molecule has 10 atom stereocenters. The molecule has 8 rings (SSSR count). The molecular weight excluding hydrogens is 660 g/mol. The van der Waals surface area contributed by atoms with Gasteiger partial charge in [0.25, 0.3) is 0 Å². The number of ether oxygens (including phenoxy) is 8. The lowest BCUT2D eigenvalue weighted by Gasteiger charge is -2.55. The van der Waals surface area contributed by atoms with E-state index >= 15 is 0 Å². The van der Waals surface area contributed by atoms with Gasteiger partial charge in [0, 0.05) is 13.0 Å². The number of carbonyl (C=O) groups excluding carboxylic acids is 1. The SMILES string of the molecule is O=C(O[C@@H]1[C@H]2OCCC[C@@H]2O[C@@H]2C[C@@H]3O[C@H](COCc4ccccc4)[C@@H](OCc4ccccc4)[C@H](OCc4ccccc4)[C@H]3O[C@@H]12)c1ccccc1. The Morgan fingerprint density at radius 3 is 1.79 bits per heavy atom. The molecule has 272 valence electrons. The van der Waals surface area contributed by atoms with Gasteiger partial charge in [-0.15, -0.1) is 0 Å². The Bertz CT molecular complexity index is 1690. The maximum atomic E-state index is 13.5. The fraction of sp³-hybridized carbons (Fsp3) is 0.419. The van der Waals surface area contributed by atoms with E-state index in [2.05, 4.69) is 0 Å². The number of esters is 1. The van der Waals surface area contributed by atoms with Crippen molar-refractivity contribution in [2.75, 3.05) is 13.2 Å². The minimum atomic E-state index is -0.678. The molecule has 4 aliphatic heterocycles. The molecule has 0 spiro atoms. The molecule has 0 N–H and O–H groups in total. The summed E-state index contributed by atoms with van der Waals surface area (Å²) in [5.74, 6) is -0.415. The van der Waals surface area contributed by atoms with Gasteiger partial charge >= 0.3 is 5.97 Å². The molecule has 4 aromatic carbocycles. The van der Waals surface area contributed by atoms with E-state index < -0.39 is 48.7 Å². The minimum absolute atomic E-state index is 0.218. The van der Waals surface area contributed by atoms with Gasteiger partial charge in [-0.05, 0) is 41.7 Å². The van der Waals surface area contributed by atoms with Gasteiger partial charge in [-0.1, -0.05) is 109 Å². The van der Waals surface area contributed by atoms with Crippen molar-refractivity contribution in [1.29, 1.82) is 0 Å². The monoisotopic (exact) mass is 706 g/mol. The van der Waals surface area contributed by atoms with Crippen molar-refractivity contribution in [2.24, 2.45) is 0 Å². The van der Waals surface area contributed by atoms with Gasteiger partial charge < -0.3 is 37.9 Å². The summed E-state index contributed by atoms with van der Waals surface area (Å²) in [5.41, 5.74) is 3.63. The van der Waals surface area contributed by atoms with Crippen LogP contribution < -0.4 is 0 Å². The molecule has 4 aliphatic rings. The van der Waals surface area contributed by atoms with Crippen LogP contribution in [0.3, 0.4) is 0 Å². The third kappa shape index (κ3) is 8.16. The molecule has 4 aromatic rings. The summed E-state index contributed by atoms with van der Waals surface area (Å²) in [7, 11) is 0. The van der Waals surface area contributed by atoms with Gasteiger partial charge in [-0.25, -0.2) is 4.79 Å². The van der Waals surface area contributed by atoms with Crippen LogP contribution in [-0.4, -0.2) is 80.2 Å². The second-order valence-corrected chi connectivity index (χ2v) is 14.0. The molecule has 0 bridgehead atoms. The zero-order valence-electron chi connectivity index (χ0n) is 29.2. The average Bonchev–Trinajstić information content (AvgIpc) is 3.20. The number of carbonyl (C=O) groups is 1. The third-order valence-corrected chi connectivity index (χ3v) is 10.4. The Hall–Kier alpha value is -3.93. The fourth-order valence-electron chi connectivity index (χ4n) is 7.86. The van der Waals surface area contributed by atoms with Crippen LogP contribution in [0.2, 0.25) is 0 Å². The van der Waals surface area contributed by atoms with E-state index in [4.69, 9.17) is 37.9 Å². The number of hydrogen-bond acceptors (Lipinski definition) is 9. The normalized spacial score (nSPS) is 31.1. The predicted molar refractivity (Wildman–Crippen MR) is 191 cm³/mol. The lowest BCUT2D eigenvalue weighted by Crippen LogP contribution is -2.70. The second kappa shape index (κ2) is 16.8. The van der Waals surface area contributed by atoms with Crippen molar-refractivity contribution in [1.82, 2.24) is 0 Å². The van der Waals surface area contributed by atoms with Crippen LogP contribution in [0.4, 0.5) is 0 Å². The number of benzene rings is 4. The Kier molecular flexibility index (Phi) is 11.4. The Labute approximate surface area is 305 Å². The number of fused-ring (bicyclic) bond motifs is 3. The molecule has 4 saturated heterocycles. The quantitative estimate of drug-likeness (QED) is 0.154. The molecule has 0 amide bonds. The van der Waals surface area contributed by atoms with E-state index in [-0.39, 0.29) is 18.3 Å². The minimum Gasteiger partial charge on any atom is -0.453 e. The van der Waals surface area contributed by atoms with Crippen molar-refractivity contribution >= 4 is 5.97 Å². The van der Waals surface area contributed by atoms with Gasteiger partial charge in [0.15, 0.2) is 6.10 Å². The molecule has 9 nitrogen and oxygen atoms in total. The van der Waals surface area contributed by atoms with E-state index in [0.717, 1.165) is 29.5 Å². The van der Waals surface area contributed by atoms with Crippen LogP contribution in [0.25, 0.3) is 0 Å². The van der Waals surface area contributed by atoms with Crippen molar-refractivity contribution < 1.29 is 42.7 Å². The standard InChI is InChI=1S/C43H46O9/c44-43(32-20-11-4-12-21-32)52-42-37-33(22-13-23-46-37)49-35-24-34-39(51-40(35)42)41(48-27-31-18-9-3-10-19-31)38(47-26-30-16-7-2-8-17-30)36(50-34)28-45-25-29-14-5-1-6-15-29/h1-12,14-21,33-42H,13,22-28H2/t33-,34-,35+,36+,37-,38+,39-,40+,41-,42+/m0/s1. The summed E-state index contributed by atoms with van der Waals surface area (Å²) in [5, 5.41) is 0. The van der Waals surface area contributed by atoms with E-state index in [0.29, 0.717) is 45.0 Å². The Morgan fingerprint density at radius 2 is 1.13 bits per heavy atom. The van der Waals surface area contributed by atoms with Gasteiger partial charge in [-0.3, -0.25) is 0 Å². The van der Waals surface area contributed by atoms with Crippen LogP contribution in [-0.2, 0) is 57.7 Å². The van der Waals surface area contributed by atoms with Crippen LogP contribution >= 0.6 is 0 Å². The highest BCUT2D eigenvalue weighted by Crippen LogP contribution is 2.43. The van der Waals surface area contributed by atoms with E-state index in [1.807, 2.05) is 109 Å². The first kappa shape index (κ1) is 35.1. The van der Waals surface area contributed by atoms with Crippen molar-refractivity contribution in [2.45, 2.75) is 100 Å². The van der Waals surface area contributed by atoms with Crippen molar-refractivity contribution in [3.8, 4) is 0 Å². The second-order valence-electron chi connectivity index (χ2n) is 14.0. The molecule has 9 heteroatoms. The predicted octanol–water partition coefficient (Wildman–Crippen LogP) is 6.47. The first-order chi connectivity index (χ1) is 25.7. The molecule has 0 aliphatic carbocycles. The Balaban J connectivity index is 1.09. The molecule has 0 aromatic heterocycles. The zero-order chi connectivity index (χ0) is 35.1. The van der Waals surface area contributed by atoms with Crippen molar-refractivity contribution in [3.05, 3.63) is 144 Å². The maximum absolute atomic E-state index is 13.5. The van der Waals surface area contributed by atoms with Crippen molar-refractivity contribution in [3.63, 3.8) is 0 Å². The number of hydrogen-bond donors (Lipinski definition) is 0. The van der Waals surface area contributed by atoms with Gasteiger partial charge in [0.05, 0.1) is 50.3 Å². The topological polar surface area (TPSA) is 90.9 Å². The first-order valence-electron chi connectivity index (χ1n) is 18.5. The molecular formula is C43H46O9. The lowest BCUT2D eigenvalue weighted by molar-refractivity contribution is -0.343. The molecule has 0 unspecified atom stereocenters. The summed E-state index contributed by atoms with van der Waals surface area (Å²) in [4.78, 5) is 13.5. The van der Waals surface area contributed by atoms with Gasteiger partial charge in [0.2, 0.25) is 0 Å². The lowest BCUT2D eigenvalue weighted by atomic mass is 9.82. The third-order valence-electron chi connectivity index (χ3n) is 10.4. The number of rotatable bonds is 12. The van der Waals surface area contributed by atoms with Crippen LogP contribution in [0.5, 0.6) is 0 Å². The highest BCUT2D eigenvalue weighted by atomic mass is 16.7. The molecule has 4 fully saturated rings. The van der Waals surface area contributed by atoms with Crippen LogP contribution in [0, 0.1) is 0 Å². The van der Waals surface area contributed by atoms with Crippen LogP contribution in [0.15, 0.2) is 121 Å². The molecule has 0 saturated carbocycles. The highest BCUT2D eigenvalue weighted by molar-refractivity contribution is 5.89. The highest BCUT2D eigenvalue weighted by Gasteiger charge is 2.59. The fourth-order valence-corrected chi connectivity index (χ4v) is 7.86.